The van der Waals surface area contributed by atoms with Gasteiger partial charge in [-0.15, -0.1) is 11.8 Å². The van der Waals surface area contributed by atoms with Gasteiger partial charge in [0.1, 0.15) is 0 Å². The zero-order valence-electron chi connectivity index (χ0n) is 16.6. The lowest BCUT2D eigenvalue weighted by Gasteiger charge is -2.37. The number of thioether (sulfide) groups is 1. The van der Waals surface area contributed by atoms with Crippen molar-refractivity contribution in [1.29, 1.82) is 0 Å². The van der Waals surface area contributed by atoms with E-state index in [1.165, 1.54) is 11.8 Å². The second kappa shape index (κ2) is 8.70. The highest BCUT2D eigenvalue weighted by molar-refractivity contribution is 8.01. The van der Waals surface area contributed by atoms with Crippen molar-refractivity contribution in [2.24, 2.45) is 0 Å². The van der Waals surface area contributed by atoms with Crippen LogP contribution in [0, 0.1) is 0 Å². The first kappa shape index (κ1) is 20.8. The van der Waals surface area contributed by atoms with Gasteiger partial charge in [0.25, 0.3) is 0 Å². The van der Waals surface area contributed by atoms with Gasteiger partial charge < -0.3 is 15.1 Å². The molecule has 1 saturated heterocycles. The van der Waals surface area contributed by atoms with Crippen LogP contribution >= 0.6 is 23.4 Å². The number of amides is 2. The number of carbonyl (C=O) groups excluding carboxylic acids is 3. The van der Waals surface area contributed by atoms with E-state index in [2.05, 4.69) is 10.2 Å². The average Bonchev–Trinajstić information content (AvgIpc) is 2.74. The summed E-state index contributed by atoms with van der Waals surface area (Å²) in [6.07, 6.45) is 0.172. The molecule has 30 heavy (non-hydrogen) atoms. The molecule has 2 aromatic rings. The molecule has 2 amide bonds. The van der Waals surface area contributed by atoms with Gasteiger partial charge in [-0.3, -0.25) is 14.4 Å². The Balaban J connectivity index is 1.33. The Morgan fingerprint density at radius 1 is 1.10 bits per heavy atom. The number of nitrogens with one attached hydrogen (secondary N) is 1. The fourth-order valence-corrected chi connectivity index (χ4v) is 4.92. The highest BCUT2D eigenvalue weighted by atomic mass is 35.5. The van der Waals surface area contributed by atoms with E-state index in [9.17, 15) is 14.4 Å². The van der Waals surface area contributed by atoms with Crippen LogP contribution in [-0.4, -0.2) is 53.9 Å². The maximum Gasteiger partial charge on any atom is 0.238 e. The van der Waals surface area contributed by atoms with Crippen LogP contribution in [0.15, 0.2) is 47.4 Å². The van der Waals surface area contributed by atoms with Gasteiger partial charge >= 0.3 is 0 Å². The molecule has 8 heteroatoms. The molecule has 2 heterocycles. The first-order valence-corrected chi connectivity index (χ1v) is 11.1. The van der Waals surface area contributed by atoms with Gasteiger partial charge in [-0.25, -0.2) is 0 Å². The third-order valence-electron chi connectivity index (χ3n) is 5.39. The molecule has 1 atom stereocenters. The number of nitrogens with zero attached hydrogens (tertiary/aromatic N) is 2. The summed E-state index contributed by atoms with van der Waals surface area (Å²) >= 11 is 7.39. The van der Waals surface area contributed by atoms with Crippen LogP contribution in [0.25, 0.3) is 0 Å². The molecule has 0 aliphatic carbocycles. The molecule has 1 fully saturated rings. The van der Waals surface area contributed by atoms with Gasteiger partial charge in [0.15, 0.2) is 5.78 Å². The van der Waals surface area contributed by atoms with E-state index in [0.29, 0.717) is 29.4 Å². The number of piperazine rings is 1. The molecule has 0 bridgehead atoms. The SMILES string of the molecule is CC(=O)c1ccc(N2CCN(C(=O)C[C@@H]3Sc4ccc(Cl)cc4NC3=O)CC2)cc1. The minimum atomic E-state index is -0.441. The summed E-state index contributed by atoms with van der Waals surface area (Å²) in [5.41, 5.74) is 2.44. The molecular formula is C22H22ClN3O3S. The number of ketones is 1. The third-order valence-corrected chi connectivity index (χ3v) is 6.90. The number of hydrogen-bond donors (Lipinski definition) is 1. The van der Waals surface area contributed by atoms with E-state index < -0.39 is 5.25 Å². The second-order valence-corrected chi connectivity index (χ2v) is 9.09. The number of hydrogen-bond acceptors (Lipinski definition) is 5. The Bertz CT molecular complexity index is 988. The van der Waals surface area contributed by atoms with Crippen molar-refractivity contribution in [3.05, 3.63) is 53.1 Å². The Morgan fingerprint density at radius 3 is 2.47 bits per heavy atom. The normalized spacial score (nSPS) is 18.6. The topological polar surface area (TPSA) is 69.7 Å². The minimum absolute atomic E-state index is 0.00774. The summed E-state index contributed by atoms with van der Waals surface area (Å²) in [5.74, 6) is -0.119. The lowest BCUT2D eigenvalue weighted by atomic mass is 10.1. The quantitative estimate of drug-likeness (QED) is 0.730. The van der Waals surface area contributed by atoms with E-state index in [0.717, 1.165) is 23.7 Å². The van der Waals surface area contributed by atoms with Crippen LogP contribution in [-0.2, 0) is 9.59 Å². The molecule has 0 radical (unpaired) electrons. The molecule has 6 nitrogen and oxygen atoms in total. The number of fused-ring (bicyclic) bond motifs is 1. The minimum Gasteiger partial charge on any atom is -0.368 e. The number of anilines is 2. The summed E-state index contributed by atoms with van der Waals surface area (Å²) in [6.45, 7) is 4.21. The van der Waals surface area contributed by atoms with Crippen LogP contribution in [0.5, 0.6) is 0 Å². The highest BCUT2D eigenvalue weighted by Crippen LogP contribution is 2.38. The summed E-state index contributed by atoms with van der Waals surface area (Å²) in [4.78, 5) is 41.6. The lowest BCUT2D eigenvalue weighted by molar-refractivity contribution is -0.132. The predicted molar refractivity (Wildman–Crippen MR) is 120 cm³/mol. The van der Waals surface area contributed by atoms with Crippen LogP contribution in [0.4, 0.5) is 11.4 Å². The predicted octanol–water partition coefficient (Wildman–Crippen LogP) is 3.69. The van der Waals surface area contributed by atoms with Gasteiger partial charge in [-0.05, 0) is 49.4 Å². The number of carbonyl (C=O) groups is 3. The summed E-state index contributed by atoms with van der Waals surface area (Å²) in [5, 5.41) is 2.98. The molecule has 0 unspecified atom stereocenters. The van der Waals surface area contributed by atoms with E-state index in [1.807, 2.05) is 35.2 Å². The van der Waals surface area contributed by atoms with E-state index >= 15 is 0 Å². The van der Waals surface area contributed by atoms with Crippen molar-refractivity contribution >= 4 is 52.3 Å². The van der Waals surface area contributed by atoms with Crippen molar-refractivity contribution in [3.8, 4) is 0 Å². The van der Waals surface area contributed by atoms with Gasteiger partial charge in [-0.2, -0.15) is 0 Å². The Kier molecular flexibility index (Phi) is 6.01. The number of halogens is 1. The fourth-order valence-electron chi connectivity index (χ4n) is 3.67. The van der Waals surface area contributed by atoms with Crippen molar-refractivity contribution in [3.63, 3.8) is 0 Å². The van der Waals surface area contributed by atoms with E-state index in [4.69, 9.17) is 11.6 Å². The zero-order valence-corrected chi connectivity index (χ0v) is 18.1. The summed E-state index contributed by atoms with van der Waals surface area (Å²) < 4.78 is 0. The van der Waals surface area contributed by atoms with Crippen molar-refractivity contribution in [2.45, 2.75) is 23.5 Å². The van der Waals surface area contributed by atoms with Crippen molar-refractivity contribution in [2.75, 3.05) is 36.4 Å². The molecule has 2 aliphatic rings. The molecule has 4 rings (SSSR count). The molecule has 0 spiro atoms. The molecular weight excluding hydrogens is 422 g/mol. The van der Waals surface area contributed by atoms with Crippen LogP contribution in [0.1, 0.15) is 23.7 Å². The second-order valence-electron chi connectivity index (χ2n) is 7.41. The maximum absolute atomic E-state index is 12.8. The van der Waals surface area contributed by atoms with Crippen LogP contribution < -0.4 is 10.2 Å². The van der Waals surface area contributed by atoms with Gasteiger partial charge in [0.2, 0.25) is 11.8 Å². The lowest BCUT2D eigenvalue weighted by Crippen LogP contribution is -2.49. The Hall–Kier alpha value is -2.51. The molecule has 2 aromatic carbocycles. The van der Waals surface area contributed by atoms with E-state index in [1.54, 1.807) is 19.1 Å². The third kappa shape index (κ3) is 4.47. The highest BCUT2D eigenvalue weighted by Gasteiger charge is 2.31. The molecule has 2 aliphatic heterocycles. The van der Waals surface area contributed by atoms with Crippen LogP contribution in [0.2, 0.25) is 5.02 Å². The zero-order chi connectivity index (χ0) is 21.3. The van der Waals surface area contributed by atoms with Gasteiger partial charge in [-0.1, -0.05) is 11.6 Å². The molecule has 0 aromatic heterocycles. The Labute approximate surface area is 184 Å². The van der Waals surface area contributed by atoms with E-state index in [-0.39, 0.29) is 24.0 Å². The standard InChI is InChI=1S/C22H22ClN3O3S/c1-14(27)15-2-5-17(6-3-15)25-8-10-26(11-9-25)21(28)13-20-22(29)24-18-12-16(23)4-7-19(18)30-20/h2-7,12,20H,8-11,13H2,1H3,(H,24,29)/t20-/m0/s1. The fraction of sp³-hybridized carbons (Fsp3) is 0.318. The first-order valence-electron chi connectivity index (χ1n) is 9.81. The number of benzene rings is 2. The van der Waals surface area contributed by atoms with Crippen molar-refractivity contribution < 1.29 is 14.4 Å². The molecule has 0 saturated carbocycles. The average molecular weight is 444 g/mol. The van der Waals surface area contributed by atoms with Crippen molar-refractivity contribution in [1.82, 2.24) is 4.90 Å². The molecule has 156 valence electrons. The maximum atomic E-state index is 12.8. The summed E-state index contributed by atoms with van der Waals surface area (Å²) in [7, 11) is 0. The monoisotopic (exact) mass is 443 g/mol. The number of rotatable bonds is 4. The number of Topliss-reactive ketones (excluding diaryl/α,β-unsaturated/α-hetero) is 1. The largest absolute Gasteiger partial charge is 0.368 e. The summed E-state index contributed by atoms with van der Waals surface area (Å²) in [6, 6.07) is 12.9. The molecule has 1 N–H and O–H groups in total. The van der Waals surface area contributed by atoms with Gasteiger partial charge in [0, 0.05) is 53.8 Å². The smallest absolute Gasteiger partial charge is 0.238 e. The van der Waals surface area contributed by atoms with Gasteiger partial charge in [0.05, 0.1) is 10.9 Å². The first-order chi connectivity index (χ1) is 14.4. The van der Waals surface area contributed by atoms with Crippen LogP contribution in [0.3, 0.4) is 0 Å². The Morgan fingerprint density at radius 2 is 1.80 bits per heavy atom.